The van der Waals surface area contributed by atoms with Gasteiger partial charge in [-0.15, -0.1) is 0 Å². The van der Waals surface area contributed by atoms with Crippen molar-refractivity contribution in [2.45, 2.75) is 6.42 Å². The third-order valence-corrected chi connectivity index (χ3v) is 3.89. The van der Waals surface area contributed by atoms with Gasteiger partial charge >= 0.3 is 6.09 Å². The Labute approximate surface area is 151 Å². The minimum absolute atomic E-state index is 0.156. The number of para-hydroxylation sites is 2. The van der Waals surface area contributed by atoms with Gasteiger partial charge in [0.1, 0.15) is 0 Å². The van der Waals surface area contributed by atoms with Gasteiger partial charge in [-0.3, -0.25) is 10.3 Å². The molecule has 1 aliphatic rings. The van der Waals surface area contributed by atoms with Crippen LogP contribution in [0.3, 0.4) is 0 Å². The summed E-state index contributed by atoms with van der Waals surface area (Å²) >= 11 is 5.12. The molecule has 0 fully saturated rings. The predicted molar refractivity (Wildman–Crippen MR) is 104 cm³/mol. The molecule has 126 valence electrons. The van der Waals surface area contributed by atoms with E-state index in [1.807, 2.05) is 36.4 Å². The van der Waals surface area contributed by atoms with E-state index in [9.17, 15) is 4.79 Å². The van der Waals surface area contributed by atoms with Crippen LogP contribution in [0.2, 0.25) is 0 Å². The summed E-state index contributed by atoms with van der Waals surface area (Å²) in [6.45, 7) is 0. The monoisotopic (exact) mass is 351 g/mol. The minimum Gasteiger partial charge on any atom is -0.453 e. The van der Waals surface area contributed by atoms with Crippen LogP contribution in [0.15, 0.2) is 59.6 Å². The summed E-state index contributed by atoms with van der Waals surface area (Å²) in [5.74, 6) is 0. The number of nitrogens with zero attached hydrogens (tertiary/aromatic N) is 1. The lowest BCUT2D eigenvalue weighted by atomic mass is 9.95. The van der Waals surface area contributed by atoms with Crippen molar-refractivity contribution in [3.05, 3.63) is 65.7 Å². The summed E-state index contributed by atoms with van der Waals surface area (Å²) in [5, 5.41) is 5.56. The van der Waals surface area contributed by atoms with Crippen molar-refractivity contribution in [2.24, 2.45) is 4.99 Å². The van der Waals surface area contributed by atoms with Gasteiger partial charge in [0.2, 0.25) is 0 Å². The number of hydrogen-bond donors (Lipinski definition) is 2. The van der Waals surface area contributed by atoms with Crippen LogP contribution in [0.25, 0.3) is 6.08 Å². The van der Waals surface area contributed by atoms with Crippen molar-refractivity contribution in [1.29, 1.82) is 0 Å². The van der Waals surface area contributed by atoms with Gasteiger partial charge in [0.05, 0.1) is 24.2 Å². The first kappa shape index (κ1) is 16.9. The number of hydrogen-bond acceptors (Lipinski definition) is 4. The molecule has 1 amide bonds. The number of ether oxygens (including phenoxy) is 1. The fourth-order valence-electron chi connectivity index (χ4n) is 2.54. The molecule has 0 spiro atoms. The number of fused-ring (bicyclic) bond motifs is 1. The highest BCUT2D eigenvalue weighted by Gasteiger charge is 2.12. The average Bonchev–Trinajstić information content (AvgIpc) is 2.63. The van der Waals surface area contributed by atoms with Crippen molar-refractivity contribution in [1.82, 2.24) is 5.32 Å². The number of alkyl carbamates (subject to hydrolysis) is 1. The second-order valence-electron chi connectivity index (χ2n) is 5.34. The normalized spacial score (nSPS) is 13.9. The lowest BCUT2D eigenvalue weighted by Gasteiger charge is -2.15. The predicted octanol–water partition coefficient (Wildman–Crippen LogP) is 4.28. The largest absolute Gasteiger partial charge is 0.453 e. The van der Waals surface area contributed by atoms with Gasteiger partial charge in [-0.1, -0.05) is 48.6 Å². The molecule has 0 atom stereocenters. The van der Waals surface area contributed by atoms with Gasteiger partial charge < -0.3 is 10.1 Å². The fraction of sp³-hybridized carbons (Fsp3) is 0.105. The van der Waals surface area contributed by atoms with Crippen LogP contribution in [0.4, 0.5) is 16.2 Å². The standard InChI is InChI=1S/C19H17N3O2S/c1-24-19(23)22-18(25)21-17-11-5-4-10-16(17)20-15-12-6-8-13-7-2-3-9-14(13)15/h2-11H,12H2,1H3,(H2,21,22,23,25). The van der Waals surface area contributed by atoms with E-state index in [1.54, 1.807) is 0 Å². The minimum atomic E-state index is -0.618. The first-order chi connectivity index (χ1) is 12.2. The number of nitrogens with one attached hydrogen (secondary N) is 2. The zero-order valence-corrected chi connectivity index (χ0v) is 14.5. The molecule has 0 heterocycles. The Hall–Kier alpha value is -2.99. The summed E-state index contributed by atoms with van der Waals surface area (Å²) in [4.78, 5) is 16.1. The van der Waals surface area contributed by atoms with Crippen molar-refractivity contribution in [2.75, 3.05) is 12.4 Å². The molecule has 0 aliphatic heterocycles. The molecule has 0 aromatic heterocycles. The highest BCUT2D eigenvalue weighted by atomic mass is 32.1. The molecule has 5 nitrogen and oxygen atoms in total. The van der Waals surface area contributed by atoms with Gasteiger partial charge in [0.15, 0.2) is 5.11 Å². The van der Waals surface area contributed by atoms with E-state index in [2.05, 4.69) is 39.7 Å². The van der Waals surface area contributed by atoms with Crippen molar-refractivity contribution in [3.8, 4) is 0 Å². The number of carbonyl (C=O) groups is 1. The van der Waals surface area contributed by atoms with E-state index in [-0.39, 0.29) is 5.11 Å². The lowest BCUT2D eigenvalue weighted by Crippen LogP contribution is -2.33. The van der Waals surface area contributed by atoms with Gasteiger partial charge in [-0.2, -0.15) is 0 Å². The molecule has 0 saturated heterocycles. The van der Waals surface area contributed by atoms with Crippen molar-refractivity contribution >= 4 is 46.6 Å². The molecule has 0 radical (unpaired) electrons. The van der Waals surface area contributed by atoms with Crippen molar-refractivity contribution < 1.29 is 9.53 Å². The fourth-order valence-corrected chi connectivity index (χ4v) is 2.73. The Morgan fingerprint density at radius 3 is 2.76 bits per heavy atom. The third-order valence-electron chi connectivity index (χ3n) is 3.69. The molecule has 2 aromatic carbocycles. The SMILES string of the molecule is COC(=O)NC(=S)Nc1ccccc1N=C1CC=Cc2ccccc21. The second kappa shape index (κ2) is 7.72. The maximum absolute atomic E-state index is 11.3. The number of benzene rings is 2. The Balaban J connectivity index is 1.88. The number of amides is 1. The summed E-state index contributed by atoms with van der Waals surface area (Å²) in [7, 11) is 1.28. The molecule has 1 aliphatic carbocycles. The van der Waals surface area contributed by atoms with Crippen LogP contribution in [0.5, 0.6) is 0 Å². The van der Waals surface area contributed by atoms with Crippen LogP contribution < -0.4 is 10.6 Å². The molecule has 2 N–H and O–H groups in total. The highest BCUT2D eigenvalue weighted by molar-refractivity contribution is 7.80. The number of anilines is 1. The molecule has 6 heteroatoms. The van der Waals surface area contributed by atoms with Crippen LogP contribution in [-0.4, -0.2) is 24.0 Å². The Morgan fingerprint density at radius 2 is 1.92 bits per heavy atom. The summed E-state index contributed by atoms with van der Waals surface area (Å²) in [6, 6.07) is 15.7. The third kappa shape index (κ3) is 4.10. The maximum atomic E-state index is 11.3. The number of allylic oxidation sites excluding steroid dienone is 1. The van der Waals surface area contributed by atoms with Crippen LogP contribution >= 0.6 is 12.2 Å². The molecular weight excluding hydrogens is 334 g/mol. The number of carbonyl (C=O) groups excluding carboxylic acids is 1. The first-order valence-corrected chi connectivity index (χ1v) is 8.16. The van der Waals surface area contributed by atoms with Crippen LogP contribution in [0.1, 0.15) is 17.5 Å². The van der Waals surface area contributed by atoms with Crippen LogP contribution in [0, 0.1) is 0 Å². The first-order valence-electron chi connectivity index (χ1n) is 7.76. The van der Waals surface area contributed by atoms with Crippen molar-refractivity contribution in [3.63, 3.8) is 0 Å². The topological polar surface area (TPSA) is 62.7 Å². The smallest absolute Gasteiger partial charge is 0.413 e. The Bertz CT molecular complexity index is 874. The Kier molecular flexibility index (Phi) is 5.20. The van der Waals surface area contributed by atoms with E-state index in [1.165, 1.54) is 7.11 Å². The van der Waals surface area contributed by atoms with Gasteiger partial charge in [0, 0.05) is 12.0 Å². The van der Waals surface area contributed by atoms with Gasteiger partial charge in [-0.05, 0) is 29.9 Å². The van der Waals surface area contributed by atoms with E-state index in [0.29, 0.717) is 5.69 Å². The van der Waals surface area contributed by atoms with E-state index in [0.717, 1.165) is 28.9 Å². The second-order valence-corrected chi connectivity index (χ2v) is 5.75. The zero-order chi connectivity index (χ0) is 17.6. The number of rotatable bonds is 2. The zero-order valence-electron chi connectivity index (χ0n) is 13.7. The van der Waals surface area contributed by atoms with Gasteiger partial charge in [-0.25, -0.2) is 4.79 Å². The number of thiocarbonyl (C=S) groups is 1. The lowest BCUT2D eigenvalue weighted by molar-refractivity contribution is 0.177. The molecule has 2 aromatic rings. The molecule has 0 saturated carbocycles. The van der Waals surface area contributed by atoms with E-state index < -0.39 is 6.09 Å². The molecule has 0 bridgehead atoms. The molecular formula is C19H17N3O2S. The number of aliphatic imine (C=N–C) groups is 1. The maximum Gasteiger partial charge on any atom is 0.413 e. The summed E-state index contributed by atoms with van der Waals surface area (Å²) in [5.41, 5.74) is 4.72. The Morgan fingerprint density at radius 1 is 1.16 bits per heavy atom. The number of methoxy groups -OCH3 is 1. The summed E-state index contributed by atoms with van der Waals surface area (Å²) in [6.07, 6.45) is 4.35. The van der Waals surface area contributed by atoms with E-state index >= 15 is 0 Å². The summed E-state index contributed by atoms with van der Waals surface area (Å²) < 4.78 is 4.54. The average molecular weight is 351 g/mol. The molecule has 25 heavy (non-hydrogen) atoms. The highest BCUT2D eigenvalue weighted by Crippen LogP contribution is 2.28. The van der Waals surface area contributed by atoms with Crippen LogP contribution in [-0.2, 0) is 4.74 Å². The molecule has 3 rings (SSSR count). The van der Waals surface area contributed by atoms with E-state index in [4.69, 9.17) is 17.2 Å². The quantitative estimate of drug-likeness (QED) is 0.793. The molecule has 0 unspecified atom stereocenters. The van der Waals surface area contributed by atoms with Gasteiger partial charge in [0.25, 0.3) is 0 Å².